The standard InChI is InChI=1S/C17H23NO2/c1-13-14-9-5-6-10-15(14)16(19)18(13)11-7-8-12-20-17(2,3)4/h5-6,9-10H,1,7-8,11-12H2,2-4H3. The zero-order valence-electron chi connectivity index (χ0n) is 12.6. The number of nitrogens with zero attached hydrogens (tertiary/aromatic N) is 1. The van der Waals surface area contributed by atoms with E-state index in [4.69, 9.17) is 4.74 Å². The van der Waals surface area contributed by atoms with E-state index in [2.05, 4.69) is 27.4 Å². The van der Waals surface area contributed by atoms with Gasteiger partial charge >= 0.3 is 0 Å². The number of unbranched alkanes of at least 4 members (excludes halogenated alkanes) is 1. The van der Waals surface area contributed by atoms with Gasteiger partial charge in [-0.1, -0.05) is 24.8 Å². The second-order valence-electron chi connectivity index (χ2n) is 6.12. The van der Waals surface area contributed by atoms with Gasteiger partial charge in [0.1, 0.15) is 0 Å². The van der Waals surface area contributed by atoms with Gasteiger partial charge in [-0.05, 0) is 39.7 Å². The van der Waals surface area contributed by atoms with Gasteiger partial charge in [-0.15, -0.1) is 0 Å². The Labute approximate surface area is 121 Å². The highest BCUT2D eigenvalue weighted by Gasteiger charge is 2.29. The molecule has 0 atom stereocenters. The molecule has 20 heavy (non-hydrogen) atoms. The molecule has 0 N–H and O–H groups in total. The third-order valence-corrected chi connectivity index (χ3v) is 3.35. The average Bonchev–Trinajstić information content (AvgIpc) is 2.62. The van der Waals surface area contributed by atoms with Crippen LogP contribution in [0.5, 0.6) is 0 Å². The fraction of sp³-hybridized carbons (Fsp3) is 0.471. The lowest BCUT2D eigenvalue weighted by Gasteiger charge is -2.20. The molecule has 1 aliphatic heterocycles. The molecule has 0 aliphatic carbocycles. The van der Waals surface area contributed by atoms with Crippen molar-refractivity contribution in [2.75, 3.05) is 13.2 Å². The Morgan fingerprint density at radius 2 is 1.80 bits per heavy atom. The lowest BCUT2D eigenvalue weighted by molar-refractivity contribution is -0.00495. The zero-order valence-corrected chi connectivity index (χ0v) is 12.6. The molecule has 0 unspecified atom stereocenters. The van der Waals surface area contributed by atoms with Gasteiger partial charge in [0.05, 0.1) is 5.60 Å². The molecule has 108 valence electrons. The fourth-order valence-electron chi connectivity index (χ4n) is 2.32. The lowest BCUT2D eigenvalue weighted by atomic mass is 10.1. The molecule has 0 spiro atoms. The molecule has 1 heterocycles. The molecule has 0 radical (unpaired) electrons. The number of carbonyl (C=O) groups excluding carboxylic acids is 1. The maximum Gasteiger partial charge on any atom is 0.258 e. The van der Waals surface area contributed by atoms with Crippen molar-refractivity contribution in [2.24, 2.45) is 0 Å². The minimum Gasteiger partial charge on any atom is -0.376 e. The Bertz CT molecular complexity index is 479. The Hall–Kier alpha value is -1.61. The second-order valence-corrected chi connectivity index (χ2v) is 6.12. The van der Waals surface area contributed by atoms with Crippen LogP contribution >= 0.6 is 0 Å². The fourth-order valence-corrected chi connectivity index (χ4v) is 2.32. The van der Waals surface area contributed by atoms with Crippen molar-refractivity contribution in [3.8, 4) is 0 Å². The smallest absolute Gasteiger partial charge is 0.258 e. The molecule has 3 nitrogen and oxygen atoms in total. The lowest BCUT2D eigenvalue weighted by Crippen LogP contribution is -2.25. The number of hydrogen-bond acceptors (Lipinski definition) is 2. The molecule has 1 amide bonds. The van der Waals surface area contributed by atoms with Crippen molar-refractivity contribution >= 4 is 11.6 Å². The SMILES string of the molecule is C=C1c2ccccc2C(=O)N1CCCCOC(C)(C)C. The van der Waals surface area contributed by atoms with Crippen molar-refractivity contribution < 1.29 is 9.53 Å². The van der Waals surface area contributed by atoms with Crippen LogP contribution in [0.25, 0.3) is 5.70 Å². The second kappa shape index (κ2) is 5.80. The van der Waals surface area contributed by atoms with Gasteiger partial charge in [0, 0.05) is 30.0 Å². The summed E-state index contributed by atoms with van der Waals surface area (Å²) in [6.07, 6.45) is 1.87. The first-order valence-electron chi connectivity index (χ1n) is 7.14. The van der Waals surface area contributed by atoms with Crippen LogP contribution in [0.15, 0.2) is 30.8 Å². The van der Waals surface area contributed by atoms with Gasteiger partial charge in [0.25, 0.3) is 5.91 Å². The molecule has 0 saturated carbocycles. The van der Waals surface area contributed by atoms with Gasteiger partial charge in [0.15, 0.2) is 0 Å². The minimum atomic E-state index is -0.0940. The van der Waals surface area contributed by atoms with Crippen LogP contribution in [0.2, 0.25) is 0 Å². The van der Waals surface area contributed by atoms with E-state index < -0.39 is 0 Å². The number of hydrogen-bond donors (Lipinski definition) is 0. The summed E-state index contributed by atoms with van der Waals surface area (Å²) in [7, 11) is 0. The largest absolute Gasteiger partial charge is 0.376 e. The molecular formula is C17H23NO2. The summed E-state index contributed by atoms with van der Waals surface area (Å²) in [4.78, 5) is 14.0. The number of ether oxygens (including phenoxy) is 1. The monoisotopic (exact) mass is 273 g/mol. The van der Waals surface area contributed by atoms with Crippen LogP contribution < -0.4 is 0 Å². The Kier molecular flexibility index (Phi) is 4.29. The molecule has 0 bridgehead atoms. The van der Waals surface area contributed by atoms with Gasteiger partial charge in [-0.3, -0.25) is 4.79 Å². The van der Waals surface area contributed by atoms with E-state index in [0.29, 0.717) is 6.54 Å². The molecule has 0 fully saturated rings. The predicted octanol–water partition coefficient (Wildman–Crippen LogP) is 3.71. The number of rotatable bonds is 5. The average molecular weight is 273 g/mol. The molecular weight excluding hydrogens is 250 g/mol. The van der Waals surface area contributed by atoms with Crippen LogP contribution in [0, 0.1) is 0 Å². The quantitative estimate of drug-likeness (QED) is 0.765. The van der Waals surface area contributed by atoms with E-state index in [0.717, 1.165) is 36.3 Å². The van der Waals surface area contributed by atoms with E-state index in [1.165, 1.54) is 0 Å². The minimum absolute atomic E-state index is 0.0716. The van der Waals surface area contributed by atoms with Crippen molar-refractivity contribution in [2.45, 2.75) is 39.2 Å². The maximum atomic E-state index is 12.3. The summed E-state index contributed by atoms with van der Waals surface area (Å²) >= 11 is 0. The van der Waals surface area contributed by atoms with E-state index in [9.17, 15) is 4.79 Å². The molecule has 1 aromatic carbocycles. The first-order valence-corrected chi connectivity index (χ1v) is 7.14. The normalized spacial score (nSPS) is 14.8. The third-order valence-electron chi connectivity index (χ3n) is 3.35. The summed E-state index contributed by atoms with van der Waals surface area (Å²) in [5, 5.41) is 0. The predicted molar refractivity (Wildman–Crippen MR) is 81.5 cm³/mol. The topological polar surface area (TPSA) is 29.5 Å². The van der Waals surface area contributed by atoms with E-state index in [1.54, 1.807) is 4.90 Å². The number of fused-ring (bicyclic) bond motifs is 1. The summed E-state index contributed by atoms with van der Waals surface area (Å²) in [5.74, 6) is 0.0716. The molecule has 1 aromatic rings. The van der Waals surface area contributed by atoms with Crippen molar-refractivity contribution in [1.82, 2.24) is 4.90 Å². The Morgan fingerprint density at radius 3 is 2.40 bits per heavy atom. The molecule has 3 heteroatoms. The zero-order chi connectivity index (χ0) is 14.8. The number of amides is 1. The summed E-state index contributed by atoms with van der Waals surface area (Å²) in [5.41, 5.74) is 2.46. The number of carbonyl (C=O) groups is 1. The summed E-state index contributed by atoms with van der Waals surface area (Å²) in [6.45, 7) is 11.6. The van der Waals surface area contributed by atoms with Crippen LogP contribution in [-0.4, -0.2) is 29.6 Å². The summed E-state index contributed by atoms with van der Waals surface area (Å²) in [6, 6.07) is 7.66. The van der Waals surface area contributed by atoms with Gasteiger partial charge < -0.3 is 9.64 Å². The van der Waals surface area contributed by atoms with Crippen molar-refractivity contribution in [3.05, 3.63) is 42.0 Å². The molecule has 0 aromatic heterocycles. The Balaban J connectivity index is 1.84. The van der Waals surface area contributed by atoms with Gasteiger partial charge in [0.2, 0.25) is 0 Å². The van der Waals surface area contributed by atoms with Crippen LogP contribution in [0.1, 0.15) is 49.5 Å². The van der Waals surface area contributed by atoms with Crippen molar-refractivity contribution in [3.63, 3.8) is 0 Å². The van der Waals surface area contributed by atoms with Crippen LogP contribution in [0.4, 0.5) is 0 Å². The highest BCUT2D eigenvalue weighted by atomic mass is 16.5. The molecule has 2 rings (SSSR count). The number of benzene rings is 1. The maximum absolute atomic E-state index is 12.3. The third kappa shape index (κ3) is 3.28. The van der Waals surface area contributed by atoms with E-state index in [-0.39, 0.29) is 11.5 Å². The highest BCUT2D eigenvalue weighted by molar-refractivity contribution is 6.08. The Morgan fingerprint density at radius 1 is 1.15 bits per heavy atom. The first kappa shape index (κ1) is 14.8. The van der Waals surface area contributed by atoms with E-state index >= 15 is 0 Å². The van der Waals surface area contributed by atoms with Gasteiger partial charge in [-0.25, -0.2) is 0 Å². The molecule has 0 saturated heterocycles. The first-order chi connectivity index (χ1) is 9.40. The van der Waals surface area contributed by atoms with Gasteiger partial charge in [-0.2, -0.15) is 0 Å². The van der Waals surface area contributed by atoms with Crippen LogP contribution in [-0.2, 0) is 4.74 Å². The molecule has 1 aliphatic rings. The van der Waals surface area contributed by atoms with Crippen molar-refractivity contribution in [1.29, 1.82) is 0 Å². The highest BCUT2D eigenvalue weighted by Crippen LogP contribution is 2.31. The summed E-state index contributed by atoms with van der Waals surface area (Å²) < 4.78 is 5.68. The van der Waals surface area contributed by atoms with Crippen LogP contribution in [0.3, 0.4) is 0 Å². The van der Waals surface area contributed by atoms with E-state index in [1.807, 2.05) is 24.3 Å².